The molecule has 1 aliphatic heterocycles. The van der Waals surface area contributed by atoms with E-state index in [-0.39, 0.29) is 18.6 Å². The smallest absolute Gasteiger partial charge is 0.258 e. The Kier molecular flexibility index (Phi) is 5.33. The SMILES string of the molecule is O=C(COc1ccc(Cl)c(Cl)c1)NC[C@H]1COc2ccccc2O1. The van der Waals surface area contributed by atoms with Crippen LogP contribution in [0.15, 0.2) is 42.5 Å². The van der Waals surface area contributed by atoms with E-state index < -0.39 is 0 Å². The van der Waals surface area contributed by atoms with Gasteiger partial charge in [-0.25, -0.2) is 0 Å². The van der Waals surface area contributed by atoms with Crippen LogP contribution in [0.25, 0.3) is 0 Å². The lowest BCUT2D eigenvalue weighted by atomic mass is 10.2. The molecule has 0 fully saturated rings. The van der Waals surface area contributed by atoms with Crippen LogP contribution in [0.4, 0.5) is 0 Å². The molecule has 5 nitrogen and oxygen atoms in total. The van der Waals surface area contributed by atoms with Crippen LogP contribution >= 0.6 is 23.2 Å². The zero-order valence-electron chi connectivity index (χ0n) is 12.6. The summed E-state index contributed by atoms with van der Waals surface area (Å²) in [7, 11) is 0. The summed E-state index contributed by atoms with van der Waals surface area (Å²) in [6, 6.07) is 12.2. The molecule has 7 heteroatoms. The number of carbonyl (C=O) groups is 1. The Morgan fingerprint density at radius 2 is 1.96 bits per heavy atom. The van der Waals surface area contributed by atoms with E-state index >= 15 is 0 Å². The molecule has 1 amide bonds. The Morgan fingerprint density at radius 3 is 2.75 bits per heavy atom. The molecule has 1 aliphatic rings. The lowest BCUT2D eigenvalue weighted by Gasteiger charge is -2.26. The highest BCUT2D eigenvalue weighted by Crippen LogP contribution is 2.30. The Bertz CT molecular complexity index is 738. The zero-order valence-corrected chi connectivity index (χ0v) is 14.1. The molecule has 0 bridgehead atoms. The molecule has 0 radical (unpaired) electrons. The second-order valence-corrected chi connectivity index (χ2v) is 5.98. The first-order valence-electron chi connectivity index (χ1n) is 7.35. The molecule has 24 heavy (non-hydrogen) atoms. The summed E-state index contributed by atoms with van der Waals surface area (Å²) in [5.74, 6) is 1.60. The second-order valence-electron chi connectivity index (χ2n) is 5.17. The highest BCUT2D eigenvalue weighted by molar-refractivity contribution is 6.42. The average molecular weight is 368 g/mol. The highest BCUT2D eigenvalue weighted by Gasteiger charge is 2.21. The van der Waals surface area contributed by atoms with Gasteiger partial charge in [0.1, 0.15) is 18.5 Å². The van der Waals surface area contributed by atoms with Crippen LogP contribution in [0.2, 0.25) is 10.0 Å². The number of para-hydroxylation sites is 2. The third kappa shape index (κ3) is 4.24. The van der Waals surface area contributed by atoms with E-state index in [0.29, 0.717) is 40.4 Å². The normalized spacial score (nSPS) is 15.7. The summed E-state index contributed by atoms with van der Waals surface area (Å²) in [5, 5.41) is 3.56. The molecule has 0 saturated carbocycles. The van der Waals surface area contributed by atoms with Crippen molar-refractivity contribution in [2.45, 2.75) is 6.10 Å². The predicted octanol–water partition coefficient (Wildman–Crippen LogP) is 3.33. The molecule has 0 unspecified atom stereocenters. The maximum Gasteiger partial charge on any atom is 0.258 e. The van der Waals surface area contributed by atoms with Gasteiger partial charge in [0.25, 0.3) is 5.91 Å². The van der Waals surface area contributed by atoms with Gasteiger partial charge in [0.2, 0.25) is 0 Å². The number of hydrogen-bond acceptors (Lipinski definition) is 4. The van der Waals surface area contributed by atoms with Crippen molar-refractivity contribution in [1.29, 1.82) is 0 Å². The third-order valence-electron chi connectivity index (χ3n) is 3.36. The van der Waals surface area contributed by atoms with Crippen LogP contribution in [-0.2, 0) is 4.79 Å². The van der Waals surface area contributed by atoms with Gasteiger partial charge in [-0.15, -0.1) is 0 Å². The van der Waals surface area contributed by atoms with Crippen LogP contribution in [0.3, 0.4) is 0 Å². The molecule has 0 aromatic heterocycles. The fourth-order valence-electron chi connectivity index (χ4n) is 2.16. The number of hydrogen-bond donors (Lipinski definition) is 1. The Labute approximate surface area is 149 Å². The molecule has 0 aliphatic carbocycles. The van der Waals surface area contributed by atoms with Crippen LogP contribution in [0.1, 0.15) is 0 Å². The number of amides is 1. The Balaban J connectivity index is 1.44. The third-order valence-corrected chi connectivity index (χ3v) is 4.09. The lowest BCUT2D eigenvalue weighted by molar-refractivity contribution is -0.123. The molecule has 126 valence electrons. The van der Waals surface area contributed by atoms with Crippen LogP contribution < -0.4 is 19.5 Å². The van der Waals surface area contributed by atoms with Crippen molar-refractivity contribution in [3.63, 3.8) is 0 Å². The fraction of sp³-hybridized carbons (Fsp3) is 0.235. The maximum atomic E-state index is 11.9. The number of fused-ring (bicyclic) bond motifs is 1. The van der Waals surface area contributed by atoms with Crippen molar-refractivity contribution in [2.24, 2.45) is 0 Å². The van der Waals surface area contributed by atoms with Crippen molar-refractivity contribution < 1.29 is 19.0 Å². The largest absolute Gasteiger partial charge is 0.486 e. The van der Waals surface area contributed by atoms with Crippen molar-refractivity contribution >= 4 is 29.1 Å². The Morgan fingerprint density at radius 1 is 1.17 bits per heavy atom. The summed E-state index contributed by atoms with van der Waals surface area (Å²) >= 11 is 11.7. The van der Waals surface area contributed by atoms with Gasteiger partial charge in [-0.05, 0) is 24.3 Å². The monoisotopic (exact) mass is 367 g/mol. The number of nitrogens with one attached hydrogen (secondary N) is 1. The predicted molar refractivity (Wildman–Crippen MR) is 91.3 cm³/mol. The van der Waals surface area contributed by atoms with Gasteiger partial charge in [0, 0.05) is 6.07 Å². The van der Waals surface area contributed by atoms with Crippen LogP contribution in [0, 0.1) is 0 Å². The standard InChI is InChI=1S/C17H15Cl2NO4/c18-13-6-5-11(7-14(13)19)22-10-17(21)20-8-12-9-23-15-3-1-2-4-16(15)24-12/h1-7,12H,8-10H2,(H,20,21)/t12-/m0/s1. The first-order chi connectivity index (χ1) is 11.6. The maximum absolute atomic E-state index is 11.9. The molecule has 1 atom stereocenters. The van der Waals surface area contributed by atoms with E-state index in [1.165, 1.54) is 0 Å². The van der Waals surface area contributed by atoms with Gasteiger partial charge in [-0.1, -0.05) is 35.3 Å². The number of carbonyl (C=O) groups excluding carboxylic acids is 1. The molecule has 2 aromatic rings. The molecule has 0 spiro atoms. The average Bonchev–Trinajstić information content (AvgIpc) is 2.60. The van der Waals surface area contributed by atoms with E-state index in [9.17, 15) is 4.79 Å². The van der Waals surface area contributed by atoms with E-state index in [4.69, 9.17) is 37.4 Å². The molecule has 2 aromatic carbocycles. The first-order valence-corrected chi connectivity index (χ1v) is 8.10. The van der Waals surface area contributed by atoms with Crippen molar-refractivity contribution in [3.05, 3.63) is 52.5 Å². The van der Waals surface area contributed by atoms with Crippen molar-refractivity contribution in [2.75, 3.05) is 19.8 Å². The van der Waals surface area contributed by atoms with Crippen LogP contribution in [0.5, 0.6) is 17.2 Å². The van der Waals surface area contributed by atoms with E-state index in [1.807, 2.05) is 24.3 Å². The van der Waals surface area contributed by atoms with Crippen molar-refractivity contribution in [1.82, 2.24) is 5.32 Å². The minimum absolute atomic E-state index is 0.123. The number of rotatable bonds is 5. The zero-order chi connectivity index (χ0) is 16.9. The van der Waals surface area contributed by atoms with Crippen LogP contribution in [-0.4, -0.2) is 31.8 Å². The minimum Gasteiger partial charge on any atom is -0.486 e. The first kappa shape index (κ1) is 16.7. The van der Waals surface area contributed by atoms with E-state index in [2.05, 4.69) is 5.32 Å². The molecule has 3 rings (SSSR count). The lowest BCUT2D eigenvalue weighted by Crippen LogP contribution is -2.42. The van der Waals surface area contributed by atoms with Gasteiger partial charge in [0.15, 0.2) is 18.1 Å². The fourth-order valence-corrected chi connectivity index (χ4v) is 2.45. The molecule has 1 N–H and O–H groups in total. The minimum atomic E-state index is -0.261. The second kappa shape index (κ2) is 7.64. The topological polar surface area (TPSA) is 56.8 Å². The van der Waals surface area contributed by atoms with Gasteiger partial charge >= 0.3 is 0 Å². The molecular weight excluding hydrogens is 353 g/mol. The quantitative estimate of drug-likeness (QED) is 0.880. The van der Waals surface area contributed by atoms with Gasteiger partial charge in [-0.3, -0.25) is 4.79 Å². The summed E-state index contributed by atoms with van der Waals surface area (Å²) in [6.45, 7) is 0.588. The number of ether oxygens (including phenoxy) is 3. The van der Waals surface area contributed by atoms with Gasteiger partial charge < -0.3 is 19.5 Å². The summed E-state index contributed by atoms with van der Waals surface area (Å²) in [5.41, 5.74) is 0. The summed E-state index contributed by atoms with van der Waals surface area (Å²) in [6.07, 6.45) is -0.242. The Hall–Kier alpha value is -2.11. The van der Waals surface area contributed by atoms with Gasteiger partial charge in [0.05, 0.1) is 16.6 Å². The molecule has 1 heterocycles. The number of halogens is 2. The van der Waals surface area contributed by atoms with Gasteiger partial charge in [-0.2, -0.15) is 0 Å². The molecule has 0 saturated heterocycles. The summed E-state index contributed by atoms with van der Waals surface area (Å²) in [4.78, 5) is 11.9. The van der Waals surface area contributed by atoms with E-state index in [0.717, 1.165) is 0 Å². The highest BCUT2D eigenvalue weighted by atomic mass is 35.5. The number of benzene rings is 2. The van der Waals surface area contributed by atoms with E-state index in [1.54, 1.807) is 18.2 Å². The molecular formula is C17H15Cl2NO4. The van der Waals surface area contributed by atoms with Crippen molar-refractivity contribution in [3.8, 4) is 17.2 Å². The summed E-state index contributed by atoms with van der Waals surface area (Å²) < 4.78 is 16.7.